The molecule has 2 N–H and O–H groups in total. The first-order chi connectivity index (χ1) is 14.1. The summed E-state index contributed by atoms with van der Waals surface area (Å²) >= 11 is 0. The zero-order valence-electron chi connectivity index (χ0n) is 17.7. The first kappa shape index (κ1) is 20.5. The van der Waals surface area contributed by atoms with Crippen LogP contribution in [-0.2, 0) is 17.9 Å². The number of nitrogens with one attached hydrogen (secondary N) is 2. The van der Waals surface area contributed by atoms with Gasteiger partial charge in [0.05, 0.1) is 11.9 Å². The number of aryl methyl sites for hydroxylation is 1. The number of alkyl halides is 2. The number of carbonyl (C=O) groups excluding carboxylic acids is 1. The number of anilines is 3. The van der Waals surface area contributed by atoms with E-state index in [-0.39, 0.29) is 24.8 Å². The van der Waals surface area contributed by atoms with Crippen LogP contribution in [0.2, 0.25) is 0 Å². The van der Waals surface area contributed by atoms with Crippen LogP contribution in [0.4, 0.5) is 26.2 Å². The molecular formula is C20H27F2N7O. The number of amides is 1. The van der Waals surface area contributed by atoms with Crippen LogP contribution in [0.5, 0.6) is 0 Å². The quantitative estimate of drug-likeness (QED) is 0.748. The molecule has 2 aromatic heterocycles. The summed E-state index contributed by atoms with van der Waals surface area (Å²) in [6, 6.07) is -0.266. The minimum Gasteiger partial charge on any atom is -0.350 e. The fraction of sp³-hybridized carbons (Fsp3) is 0.600. The average molecular weight is 419 g/mol. The van der Waals surface area contributed by atoms with Gasteiger partial charge in [-0.15, -0.1) is 0 Å². The van der Waals surface area contributed by atoms with Gasteiger partial charge in [-0.1, -0.05) is 13.8 Å². The third-order valence-electron chi connectivity index (χ3n) is 5.86. The molecule has 1 saturated carbocycles. The third kappa shape index (κ3) is 3.82. The van der Waals surface area contributed by atoms with E-state index in [1.165, 1.54) is 0 Å². The second-order valence-corrected chi connectivity index (χ2v) is 8.78. The summed E-state index contributed by atoms with van der Waals surface area (Å²) in [7, 11) is 1.86. The maximum Gasteiger partial charge on any atom is 0.249 e. The summed E-state index contributed by atoms with van der Waals surface area (Å²) in [6.07, 6.45) is 4.06. The molecule has 0 bridgehead atoms. The van der Waals surface area contributed by atoms with Gasteiger partial charge in [0.15, 0.2) is 5.82 Å². The zero-order chi connectivity index (χ0) is 21.7. The zero-order valence-corrected chi connectivity index (χ0v) is 17.7. The van der Waals surface area contributed by atoms with Gasteiger partial charge in [-0.05, 0) is 18.8 Å². The Morgan fingerprint density at radius 3 is 2.73 bits per heavy atom. The van der Waals surface area contributed by atoms with Crippen LogP contribution in [0.25, 0.3) is 0 Å². The molecule has 3 heterocycles. The van der Waals surface area contributed by atoms with Crippen molar-refractivity contribution in [2.45, 2.75) is 65.1 Å². The minimum atomic E-state index is -2.54. The predicted octanol–water partition coefficient (Wildman–Crippen LogP) is 3.20. The van der Waals surface area contributed by atoms with Gasteiger partial charge in [0.2, 0.25) is 17.8 Å². The predicted molar refractivity (Wildman–Crippen MR) is 110 cm³/mol. The van der Waals surface area contributed by atoms with Gasteiger partial charge in [-0.25, -0.2) is 13.8 Å². The number of halogens is 2. The van der Waals surface area contributed by atoms with E-state index in [2.05, 4.69) is 25.7 Å². The van der Waals surface area contributed by atoms with Crippen molar-refractivity contribution in [1.29, 1.82) is 0 Å². The first-order valence-electron chi connectivity index (χ1n) is 10.1. The molecule has 2 aromatic rings. The van der Waals surface area contributed by atoms with Crippen LogP contribution in [0.15, 0.2) is 12.4 Å². The molecule has 8 nitrogen and oxygen atoms in total. The summed E-state index contributed by atoms with van der Waals surface area (Å²) in [4.78, 5) is 23.1. The largest absolute Gasteiger partial charge is 0.350 e. The van der Waals surface area contributed by atoms with Crippen molar-refractivity contribution in [3.8, 4) is 0 Å². The maximum atomic E-state index is 13.2. The van der Waals surface area contributed by atoms with Gasteiger partial charge in [0.1, 0.15) is 11.7 Å². The molecule has 0 saturated heterocycles. The molecule has 10 heteroatoms. The molecule has 4 rings (SSSR count). The molecule has 162 valence electrons. The third-order valence-corrected chi connectivity index (χ3v) is 5.86. The Morgan fingerprint density at radius 1 is 1.33 bits per heavy atom. The fourth-order valence-corrected chi connectivity index (χ4v) is 4.49. The van der Waals surface area contributed by atoms with Crippen LogP contribution >= 0.6 is 0 Å². The molecule has 1 aliphatic heterocycles. The number of rotatable bonds is 6. The van der Waals surface area contributed by atoms with Gasteiger partial charge < -0.3 is 15.5 Å². The van der Waals surface area contributed by atoms with Gasteiger partial charge in [0, 0.05) is 44.7 Å². The van der Waals surface area contributed by atoms with Gasteiger partial charge in [-0.2, -0.15) is 10.1 Å². The molecule has 0 aromatic carbocycles. The van der Waals surface area contributed by atoms with Crippen molar-refractivity contribution in [2.24, 2.45) is 5.41 Å². The Morgan fingerprint density at radius 2 is 2.07 bits per heavy atom. The Hall–Kier alpha value is -2.78. The van der Waals surface area contributed by atoms with Gasteiger partial charge >= 0.3 is 0 Å². The van der Waals surface area contributed by atoms with E-state index in [4.69, 9.17) is 0 Å². The van der Waals surface area contributed by atoms with Crippen LogP contribution in [0, 0.1) is 12.3 Å². The van der Waals surface area contributed by atoms with Crippen molar-refractivity contribution in [2.75, 3.05) is 22.6 Å². The molecular weight excluding hydrogens is 392 g/mol. The molecule has 1 fully saturated rings. The van der Waals surface area contributed by atoms with E-state index >= 15 is 0 Å². The summed E-state index contributed by atoms with van der Waals surface area (Å²) in [6.45, 7) is 6.59. The molecule has 0 spiro atoms. The number of hydrogen-bond donors (Lipinski definition) is 2. The molecule has 2 aliphatic rings. The fourth-order valence-electron chi connectivity index (χ4n) is 4.49. The Balaban J connectivity index is 1.43. The lowest BCUT2D eigenvalue weighted by molar-refractivity contribution is -0.159. The second-order valence-electron chi connectivity index (χ2n) is 8.78. The first-order valence-corrected chi connectivity index (χ1v) is 10.1. The van der Waals surface area contributed by atoms with E-state index in [9.17, 15) is 13.6 Å². The van der Waals surface area contributed by atoms with E-state index in [1.54, 1.807) is 10.9 Å². The monoisotopic (exact) mass is 419 g/mol. The van der Waals surface area contributed by atoms with Crippen LogP contribution in [0.1, 0.15) is 44.4 Å². The van der Waals surface area contributed by atoms with Crippen LogP contribution < -0.4 is 15.5 Å². The average Bonchev–Trinajstić information content (AvgIpc) is 3.06. The van der Waals surface area contributed by atoms with Crippen molar-refractivity contribution in [3.63, 3.8) is 0 Å². The number of likely N-dealkylation sites (N-methyl/N-ethyl adjacent to an activating group) is 1. The second kappa shape index (κ2) is 7.17. The van der Waals surface area contributed by atoms with Crippen molar-refractivity contribution < 1.29 is 13.6 Å². The highest BCUT2D eigenvalue weighted by atomic mass is 19.3. The van der Waals surface area contributed by atoms with Crippen molar-refractivity contribution in [3.05, 3.63) is 23.7 Å². The smallest absolute Gasteiger partial charge is 0.249 e. The maximum absolute atomic E-state index is 13.2. The van der Waals surface area contributed by atoms with Gasteiger partial charge in [0.25, 0.3) is 0 Å². The summed E-state index contributed by atoms with van der Waals surface area (Å²) < 4.78 is 28.2. The normalized spacial score (nSPS) is 21.6. The Bertz CT molecular complexity index is 966. The van der Waals surface area contributed by atoms with Crippen molar-refractivity contribution in [1.82, 2.24) is 19.7 Å². The highest BCUT2D eigenvalue weighted by molar-refractivity contribution is 6.03. The molecule has 0 unspecified atom stereocenters. The van der Waals surface area contributed by atoms with Gasteiger partial charge in [-0.3, -0.25) is 9.48 Å². The molecule has 1 atom stereocenters. The van der Waals surface area contributed by atoms with E-state index in [0.717, 1.165) is 5.56 Å². The Labute approximate surface area is 174 Å². The lowest BCUT2D eigenvalue weighted by Crippen LogP contribution is -2.46. The number of hydrogen-bond acceptors (Lipinski definition) is 6. The highest BCUT2D eigenvalue weighted by Gasteiger charge is 2.53. The number of carbonyl (C=O) groups is 1. The minimum absolute atomic E-state index is 0.0507. The van der Waals surface area contributed by atoms with E-state index in [0.29, 0.717) is 42.7 Å². The summed E-state index contributed by atoms with van der Waals surface area (Å²) in [5.41, 5.74) is 1.82. The molecule has 30 heavy (non-hydrogen) atoms. The summed E-state index contributed by atoms with van der Waals surface area (Å²) in [5, 5.41) is 10.4. The standard InChI is InChI=1S/C20H27F2N7O/c1-5-14-17(30)26-15-12(2)25-18(27-16(15)28(14)4)23-6-13-7-24-29(8-13)11-19(3)9-20(21,22)10-19/h7-8,14H,5-6,9-11H2,1-4H3,(H,26,30)(H,23,25,27)/t14-/m0/s1. The number of nitrogens with zero attached hydrogens (tertiary/aromatic N) is 5. The molecule has 0 radical (unpaired) electrons. The van der Waals surface area contributed by atoms with E-state index in [1.807, 2.05) is 38.9 Å². The SMILES string of the molecule is CC[C@H]1C(=O)Nc2c(C)nc(NCc3cnn(CC4(C)CC(F)(F)C4)c3)nc2N1C. The molecule has 1 amide bonds. The molecule has 1 aliphatic carbocycles. The number of aromatic nitrogens is 4. The number of fused-ring (bicyclic) bond motifs is 1. The Kier molecular flexibility index (Phi) is 4.90. The summed E-state index contributed by atoms with van der Waals surface area (Å²) in [5.74, 6) is -1.45. The van der Waals surface area contributed by atoms with Crippen molar-refractivity contribution >= 4 is 23.4 Å². The van der Waals surface area contributed by atoms with E-state index < -0.39 is 11.3 Å². The lowest BCUT2D eigenvalue weighted by Gasteiger charge is -2.44. The van der Waals surface area contributed by atoms with Crippen LogP contribution in [0.3, 0.4) is 0 Å². The lowest BCUT2D eigenvalue weighted by atomic mass is 9.67. The van der Waals surface area contributed by atoms with Crippen LogP contribution in [-0.4, -0.2) is 44.7 Å². The highest BCUT2D eigenvalue weighted by Crippen LogP contribution is 2.52. The topological polar surface area (TPSA) is 88.0 Å².